The highest BCUT2D eigenvalue weighted by atomic mass is 19.2. The molecule has 0 saturated heterocycles. The molecule has 1 aromatic rings. The summed E-state index contributed by atoms with van der Waals surface area (Å²) in [5.74, 6) is -1.33. The molecule has 0 amide bonds. The van der Waals surface area contributed by atoms with Crippen LogP contribution in [0.25, 0.3) is 0 Å². The Bertz CT molecular complexity index is 386. The Morgan fingerprint density at radius 1 is 1.35 bits per heavy atom. The third-order valence-electron chi connectivity index (χ3n) is 2.39. The van der Waals surface area contributed by atoms with Crippen molar-refractivity contribution in [3.8, 4) is 5.75 Å². The lowest BCUT2D eigenvalue weighted by atomic mass is 10.1. The molecule has 0 aromatic heterocycles. The second kappa shape index (κ2) is 6.38. The van der Waals surface area contributed by atoms with Crippen LogP contribution in [-0.4, -0.2) is 6.61 Å². The van der Waals surface area contributed by atoms with Crippen molar-refractivity contribution in [3.63, 3.8) is 0 Å². The van der Waals surface area contributed by atoms with E-state index in [1.165, 1.54) is 12.1 Å². The number of halogens is 2. The molecule has 0 heterocycles. The SMILES string of the molecule is C=CCc1cc(F)c(F)c(OCCC(C)C)c1. The maximum atomic E-state index is 13.4. The topological polar surface area (TPSA) is 9.23 Å². The molecule has 0 aliphatic heterocycles. The lowest BCUT2D eigenvalue weighted by Crippen LogP contribution is -2.04. The van der Waals surface area contributed by atoms with Crippen LogP contribution < -0.4 is 4.74 Å². The van der Waals surface area contributed by atoms with Crippen LogP contribution in [0.2, 0.25) is 0 Å². The molecule has 94 valence electrons. The van der Waals surface area contributed by atoms with Crippen LogP contribution in [0.5, 0.6) is 5.75 Å². The van der Waals surface area contributed by atoms with Gasteiger partial charge >= 0.3 is 0 Å². The first-order chi connectivity index (χ1) is 8.04. The standard InChI is InChI=1S/C14H18F2O/c1-4-5-11-8-12(15)14(16)13(9-11)17-7-6-10(2)3/h4,8-10H,1,5-7H2,2-3H3. The summed E-state index contributed by atoms with van der Waals surface area (Å²) in [5, 5.41) is 0. The van der Waals surface area contributed by atoms with E-state index in [4.69, 9.17) is 4.74 Å². The normalized spacial score (nSPS) is 10.6. The van der Waals surface area contributed by atoms with Crippen molar-refractivity contribution in [1.29, 1.82) is 0 Å². The Labute approximate surface area is 101 Å². The van der Waals surface area contributed by atoms with Gasteiger partial charge in [-0.2, -0.15) is 4.39 Å². The van der Waals surface area contributed by atoms with E-state index in [1.807, 2.05) is 0 Å². The molecular formula is C14H18F2O. The highest BCUT2D eigenvalue weighted by molar-refractivity contribution is 5.32. The summed E-state index contributed by atoms with van der Waals surface area (Å²) in [6.07, 6.45) is 2.95. The second-order valence-corrected chi connectivity index (χ2v) is 4.41. The predicted octanol–water partition coefficient (Wildman–Crippen LogP) is 4.12. The van der Waals surface area contributed by atoms with E-state index in [0.717, 1.165) is 6.42 Å². The van der Waals surface area contributed by atoms with Gasteiger partial charge in [-0.1, -0.05) is 19.9 Å². The molecule has 0 radical (unpaired) electrons. The number of hydrogen-bond donors (Lipinski definition) is 0. The number of allylic oxidation sites excluding steroid dienone is 1. The van der Waals surface area contributed by atoms with Crippen LogP contribution in [-0.2, 0) is 6.42 Å². The first kappa shape index (κ1) is 13.7. The van der Waals surface area contributed by atoms with Crippen LogP contribution in [0.4, 0.5) is 8.78 Å². The maximum Gasteiger partial charge on any atom is 0.200 e. The Morgan fingerprint density at radius 2 is 2.06 bits per heavy atom. The number of ether oxygens (including phenoxy) is 1. The molecule has 0 bridgehead atoms. The zero-order valence-electron chi connectivity index (χ0n) is 10.3. The number of benzene rings is 1. The average Bonchev–Trinajstić information content (AvgIpc) is 2.24. The van der Waals surface area contributed by atoms with E-state index in [0.29, 0.717) is 24.5 Å². The molecule has 17 heavy (non-hydrogen) atoms. The largest absolute Gasteiger partial charge is 0.490 e. The van der Waals surface area contributed by atoms with Gasteiger partial charge in [-0.3, -0.25) is 0 Å². The molecule has 0 aliphatic carbocycles. The zero-order valence-corrected chi connectivity index (χ0v) is 10.3. The van der Waals surface area contributed by atoms with Gasteiger partial charge in [0.2, 0.25) is 5.82 Å². The van der Waals surface area contributed by atoms with E-state index in [2.05, 4.69) is 20.4 Å². The monoisotopic (exact) mass is 240 g/mol. The Kier molecular flexibility index (Phi) is 5.13. The predicted molar refractivity (Wildman–Crippen MR) is 65.2 cm³/mol. The third-order valence-corrected chi connectivity index (χ3v) is 2.39. The summed E-state index contributed by atoms with van der Waals surface area (Å²) >= 11 is 0. The van der Waals surface area contributed by atoms with Crippen LogP contribution in [0.15, 0.2) is 24.8 Å². The summed E-state index contributed by atoms with van der Waals surface area (Å²) in [6, 6.07) is 2.70. The van der Waals surface area contributed by atoms with Gasteiger partial charge in [0.05, 0.1) is 6.61 Å². The van der Waals surface area contributed by atoms with E-state index in [-0.39, 0.29) is 5.75 Å². The molecule has 1 rings (SSSR count). The Morgan fingerprint density at radius 3 is 2.65 bits per heavy atom. The van der Waals surface area contributed by atoms with E-state index >= 15 is 0 Å². The van der Waals surface area contributed by atoms with Gasteiger partial charge in [-0.15, -0.1) is 6.58 Å². The van der Waals surface area contributed by atoms with Crippen LogP contribution >= 0.6 is 0 Å². The van der Waals surface area contributed by atoms with Gasteiger partial charge < -0.3 is 4.74 Å². The molecule has 0 atom stereocenters. The molecule has 0 aliphatic rings. The lowest BCUT2D eigenvalue weighted by Gasteiger charge is -2.10. The van der Waals surface area contributed by atoms with Crippen molar-refractivity contribution >= 4 is 0 Å². The minimum Gasteiger partial charge on any atom is -0.490 e. The zero-order chi connectivity index (χ0) is 12.8. The minimum absolute atomic E-state index is 0.0116. The Hall–Kier alpha value is -1.38. The van der Waals surface area contributed by atoms with Crippen molar-refractivity contribution in [2.24, 2.45) is 5.92 Å². The average molecular weight is 240 g/mol. The minimum atomic E-state index is -0.915. The molecule has 0 saturated carbocycles. The fraction of sp³-hybridized carbons (Fsp3) is 0.429. The fourth-order valence-corrected chi connectivity index (χ4v) is 1.41. The van der Waals surface area contributed by atoms with Gasteiger partial charge in [0.1, 0.15) is 0 Å². The van der Waals surface area contributed by atoms with E-state index in [9.17, 15) is 8.78 Å². The molecule has 0 fully saturated rings. The van der Waals surface area contributed by atoms with Crippen molar-refractivity contribution in [2.75, 3.05) is 6.61 Å². The molecule has 0 unspecified atom stereocenters. The van der Waals surface area contributed by atoms with E-state index in [1.54, 1.807) is 6.08 Å². The van der Waals surface area contributed by atoms with Gasteiger partial charge in [-0.05, 0) is 36.5 Å². The molecular weight excluding hydrogens is 222 g/mol. The van der Waals surface area contributed by atoms with E-state index < -0.39 is 11.6 Å². The summed E-state index contributed by atoms with van der Waals surface area (Å²) in [5.41, 5.74) is 0.665. The number of rotatable bonds is 6. The first-order valence-electron chi connectivity index (χ1n) is 5.76. The highest BCUT2D eigenvalue weighted by Crippen LogP contribution is 2.23. The van der Waals surface area contributed by atoms with Crippen molar-refractivity contribution in [1.82, 2.24) is 0 Å². The molecule has 3 heteroatoms. The summed E-state index contributed by atoms with van der Waals surface area (Å²) in [6.45, 7) is 8.06. The smallest absolute Gasteiger partial charge is 0.200 e. The third kappa shape index (κ3) is 4.17. The van der Waals surface area contributed by atoms with Gasteiger partial charge in [0.25, 0.3) is 0 Å². The summed E-state index contributed by atoms with van der Waals surface area (Å²) in [4.78, 5) is 0. The van der Waals surface area contributed by atoms with Gasteiger partial charge in [0, 0.05) is 0 Å². The second-order valence-electron chi connectivity index (χ2n) is 4.41. The van der Waals surface area contributed by atoms with Crippen LogP contribution in [0.1, 0.15) is 25.8 Å². The van der Waals surface area contributed by atoms with Gasteiger partial charge in [-0.25, -0.2) is 4.39 Å². The van der Waals surface area contributed by atoms with Crippen molar-refractivity contribution in [2.45, 2.75) is 26.7 Å². The summed E-state index contributed by atoms with van der Waals surface area (Å²) in [7, 11) is 0. The van der Waals surface area contributed by atoms with Crippen molar-refractivity contribution < 1.29 is 13.5 Å². The maximum absolute atomic E-state index is 13.4. The first-order valence-corrected chi connectivity index (χ1v) is 5.76. The highest BCUT2D eigenvalue weighted by Gasteiger charge is 2.11. The number of hydrogen-bond acceptors (Lipinski definition) is 1. The molecule has 1 nitrogen and oxygen atoms in total. The van der Waals surface area contributed by atoms with Crippen molar-refractivity contribution in [3.05, 3.63) is 42.0 Å². The molecule has 1 aromatic carbocycles. The summed E-state index contributed by atoms with van der Waals surface area (Å²) < 4.78 is 31.9. The van der Waals surface area contributed by atoms with Gasteiger partial charge in [0.15, 0.2) is 11.6 Å². The Balaban J connectivity index is 2.78. The van der Waals surface area contributed by atoms with Crippen LogP contribution in [0.3, 0.4) is 0 Å². The van der Waals surface area contributed by atoms with Crippen LogP contribution in [0, 0.1) is 17.6 Å². The quantitative estimate of drug-likeness (QED) is 0.680. The fourth-order valence-electron chi connectivity index (χ4n) is 1.41. The molecule has 0 spiro atoms. The lowest BCUT2D eigenvalue weighted by molar-refractivity contribution is 0.272. The molecule has 0 N–H and O–H groups in total.